The van der Waals surface area contributed by atoms with Crippen molar-refractivity contribution in [2.24, 2.45) is 0 Å². The first-order chi connectivity index (χ1) is 9.61. The summed E-state index contributed by atoms with van der Waals surface area (Å²) in [5, 5.41) is 3.64. The van der Waals surface area contributed by atoms with Crippen LogP contribution in [0.3, 0.4) is 0 Å². The Hall–Kier alpha value is -1.10. The van der Waals surface area contributed by atoms with Crippen molar-refractivity contribution in [1.82, 2.24) is 5.32 Å². The molecule has 1 aliphatic heterocycles. The maximum absolute atomic E-state index is 12.4. The van der Waals surface area contributed by atoms with Gasteiger partial charge in [-0.15, -0.1) is 0 Å². The summed E-state index contributed by atoms with van der Waals surface area (Å²) in [6, 6.07) is 5.13. The Morgan fingerprint density at radius 2 is 2.40 bits per heavy atom. The van der Waals surface area contributed by atoms with Crippen LogP contribution in [-0.4, -0.2) is 38.4 Å². The number of hydrogen-bond donors (Lipinski definition) is 1. The third-order valence-corrected chi connectivity index (χ3v) is 3.74. The first kappa shape index (κ1) is 15.3. The number of carbonyl (C=O) groups excluding carboxylic acids is 1. The van der Waals surface area contributed by atoms with Crippen LogP contribution in [0.25, 0.3) is 0 Å². The maximum atomic E-state index is 12.4. The second-order valence-corrected chi connectivity index (χ2v) is 5.48. The highest BCUT2D eigenvalue weighted by molar-refractivity contribution is 6.30. The Bertz CT molecular complexity index is 472. The smallest absolute Gasteiger partial charge is 0.251 e. The fourth-order valence-corrected chi connectivity index (χ4v) is 2.70. The summed E-state index contributed by atoms with van der Waals surface area (Å²) in [7, 11) is 1.63. The number of hydrogen-bond acceptors (Lipinski definition) is 3. The number of nitrogens with one attached hydrogen (secondary N) is 1. The molecule has 0 aliphatic carbocycles. The van der Waals surface area contributed by atoms with E-state index >= 15 is 0 Å². The molecule has 2 atom stereocenters. The van der Waals surface area contributed by atoms with Crippen LogP contribution in [-0.2, 0) is 9.47 Å². The minimum atomic E-state index is -0.120. The summed E-state index contributed by atoms with van der Waals surface area (Å²) in [5.74, 6) is -0.114. The number of methoxy groups -OCH3 is 1. The summed E-state index contributed by atoms with van der Waals surface area (Å²) in [5.41, 5.74) is 1.49. The number of benzene rings is 1. The third kappa shape index (κ3) is 3.72. The SMILES string of the molecule is COC[C@H](NC(=O)c1ccc(Cl)cc1C)[C@H]1CCCO1. The van der Waals surface area contributed by atoms with Gasteiger partial charge in [-0.3, -0.25) is 4.79 Å². The normalized spacial score (nSPS) is 19.9. The molecule has 1 amide bonds. The zero-order valence-electron chi connectivity index (χ0n) is 11.8. The van der Waals surface area contributed by atoms with Crippen LogP contribution in [0.5, 0.6) is 0 Å². The van der Waals surface area contributed by atoms with Crippen molar-refractivity contribution >= 4 is 17.5 Å². The summed E-state index contributed by atoms with van der Waals surface area (Å²) in [6.07, 6.45) is 2.01. The van der Waals surface area contributed by atoms with Gasteiger partial charge in [0.05, 0.1) is 18.8 Å². The van der Waals surface area contributed by atoms with Crippen LogP contribution >= 0.6 is 11.6 Å². The van der Waals surface area contributed by atoms with Crippen molar-refractivity contribution in [1.29, 1.82) is 0 Å². The number of amides is 1. The summed E-state index contributed by atoms with van der Waals surface area (Å²) in [4.78, 5) is 12.4. The van der Waals surface area contributed by atoms with Gasteiger partial charge in [0, 0.05) is 24.3 Å². The molecule has 0 radical (unpaired) electrons. The van der Waals surface area contributed by atoms with Crippen molar-refractivity contribution in [3.63, 3.8) is 0 Å². The van der Waals surface area contributed by atoms with E-state index in [1.54, 1.807) is 25.3 Å². The summed E-state index contributed by atoms with van der Waals surface area (Å²) in [6.45, 7) is 3.07. The van der Waals surface area contributed by atoms with E-state index in [4.69, 9.17) is 21.1 Å². The zero-order valence-corrected chi connectivity index (χ0v) is 12.6. The van der Waals surface area contributed by atoms with Gasteiger partial charge in [-0.05, 0) is 43.5 Å². The largest absolute Gasteiger partial charge is 0.382 e. The highest BCUT2D eigenvalue weighted by Crippen LogP contribution is 2.18. The van der Waals surface area contributed by atoms with Crippen LogP contribution in [0.15, 0.2) is 18.2 Å². The fraction of sp³-hybridized carbons (Fsp3) is 0.533. The van der Waals surface area contributed by atoms with Gasteiger partial charge in [0.2, 0.25) is 0 Å². The van der Waals surface area contributed by atoms with Crippen molar-refractivity contribution in [3.8, 4) is 0 Å². The molecule has 4 nitrogen and oxygen atoms in total. The Kier molecular flexibility index (Phi) is 5.40. The molecule has 1 saturated heterocycles. The number of ether oxygens (including phenoxy) is 2. The molecule has 0 spiro atoms. The monoisotopic (exact) mass is 297 g/mol. The Morgan fingerprint density at radius 3 is 3.00 bits per heavy atom. The van der Waals surface area contributed by atoms with Gasteiger partial charge in [-0.1, -0.05) is 11.6 Å². The van der Waals surface area contributed by atoms with Crippen LogP contribution < -0.4 is 5.32 Å². The lowest BCUT2D eigenvalue weighted by atomic mass is 10.1. The topological polar surface area (TPSA) is 47.6 Å². The van der Waals surface area contributed by atoms with Crippen LogP contribution in [0.2, 0.25) is 5.02 Å². The molecule has 1 aromatic carbocycles. The van der Waals surface area contributed by atoms with Gasteiger partial charge in [0.15, 0.2) is 0 Å². The summed E-state index contributed by atoms with van der Waals surface area (Å²) >= 11 is 5.91. The minimum absolute atomic E-state index is 0.0338. The molecule has 1 N–H and O–H groups in total. The summed E-state index contributed by atoms with van der Waals surface area (Å²) < 4.78 is 10.8. The molecule has 0 unspecified atom stereocenters. The number of carbonyl (C=O) groups is 1. The predicted octanol–water partition coefficient (Wildman–Crippen LogP) is 2.57. The Morgan fingerprint density at radius 1 is 1.60 bits per heavy atom. The van der Waals surface area contributed by atoms with Gasteiger partial charge in [-0.2, -0.15) is 0 Å². The molecule has 2 rings (SSSR count). The van der Waals surface area contributed by atoms with E-state index in [0.29, 0.717) is 17.2 Å². The quantitative estimate of drug-likeness (QED) is 0.909. The fourth-order valence-electron chi connectivity index (χ4n) is 2.47. The third-order valence-electron chi connectivity index (χ3n) is 3.51. The Labute approximate surface area is 124 Å². The molecule has 1 fully saturated rings. The molecule has 1 aliphatic rings. The van der Waals surface area contributed by atoms with Crippen LogP contribution in [0.1, 0.15) is 28.8 Å². The first-order valence-electron chi connectivity index (χ1n) is 6.79. The van der Waals surface area contributed by atoms with Crippen LogP contribution in [0.4, 0.5) is 0 Å². The highest BCUT2D eigenvalue weighted by atomic mass is 35.5. The molecule has 0 bridgehead atoms. The lowest BCUT2D eigenvalue weighted by Gasteiger charge is -2.23. The van der Waals surface area contributed by atoms with Crippen molar-refractivity contribution in [3.05, 3.63) is 34.3 Å². The van der Waals surface area contributed by atoms with Gasteiger partial charge < -0.3 is 14.8 Å². The van der Waals surface area contributed by atoms with E-state index in [9.17, 15) is 4.79 Å². The van der Waals surface area contributed by atoms with Gasteiger partial charge in [-0.25, -0.2) is 0 Å². The molecular formula is C15H20ClNO3. The molecule has 20 heavy (non-hydrogen) atoms. The first-order valence-corrected chi connectivity index (χ1v) is 7.17. The van der Waals surface area contributed by atoms with E-state index < -0.39 is 0 Å². The molecule has 0 saturated carbocycles. The van der Waals surface area contributed by atoms with Crippen molar-refractivity contribution in [2.75, 3.05) is 20.3 Å². The number of halogens is 1. The van der Waals surface area contributed by atoms with Gasteiger partial charge >= 0.3 is 0 Å². The number of aryl methyl sites for hydroxylation is 1. The zero-order chi connectivity index (χ0) is 14.5. The molecule has 0 aromatic heterocycles. The lowest BCUT2D eigenvalue weighted by molar-refractivity contribution is 0.0403. The average molecular weight is 298 g/mol. The number of rotatable bonds is 5. The molecule has 110 valence electrons. The van der Waals surface area contributed by atoms with E-state index in [1.807, 2.05) is 6.92 Å². The molecule has 5 heteroatoms. The average Bonchev–Trinajstić information content (AvgIpc) is 2.91. The minimum Gasteiger partial charge on any atom is -0.382 e. The molecule has 1 aromatic rings. The van der Waals surface area contributed by atoms with Gasteiger partial charge in [0.1, 0.15) is 0 Å². The van der Waals surface area contributed by atoms with Crippen LogP contribution in [0, 0.1) is 6.92 Å². The molecule has 1 heterocycles. The standard InChI is InChI=1S/C15H20ClNO3/c1-10-8-11(16)5-6-12(10)15(18)17-13(9-19-2)14-4-3-7-20-14/h5-6,8,13-14H,3-4,7,9H2,1-2H3,(H,17,18)/t13-,14+/m0/s1. The van der Waals surface area contributed by atoms with Crippen molar-refractivity contribution < 1.29 is 14.3 Å². The lowest BCUT2D eigenvalue weighted by Crippen LogP contribution is -2.46. The van der Waals surface area contributed by atoms with E-state index in [-0.39, 0.29) is 18.1 Å². The second-order valence-electron chi connectivity index (χ2n) is 5.05. The van der Waals surface area contributed by atoms with E-state index in [1.165, 1.54) is 0 Å². The maximum Gasteiger partial charge on any atom is 0.251 e. The highest BCUT2D eigenvalue weighted by Gasteiger charge is 2.27. The predicted molar refractivity (Wildman–Crippen MR) is 78.3 cm³/mol. The molecular weight excluding hydrogens is 278 g/mol. The van der Waals surface area contributed by atoms with Gasteiger partial charge in [0.25, 0.3) is 5.91 Å². The second kappa shape index (κ2) is 7.07. The van der Waals surface area contributed by atoms with E-state index in [2.05, 4.69) is 5.32 Å². The Balaban J connectivity index is 2.07. The van der Waals surface area contributed by atoms with Crippen molar-refractivity contribution in [2.45, 2.75) is 31.9 Å². The van der Waals surface area contributed by atoms with E-state index in [0.717, 1.165) is 25.0 Å².